The molecule has 10 aliphatic heterocycles. The number of anilines is 5. The van der Waals surface area contributed by atoms with Crippen LogP contribution in [-0.2, 0) is 38.8 Å². The molecule has 11 aromatic rings. The number of hydrogen-bond acceptors (Lipinski definition) is 27. The Morgan fingerprint density at radius 3 is 1.37 bits per heavy atom. The van der Waals surface area contributed by atoms with Gasteiger partial charge in [-0.2, -0.15) is 0 Å². The van der Waals surface area contributed by atoms with E-state index >= 15 is 0 Å². The Morgan fingerprint density at radius 2 is 0.840 bits per heavy atom. The SMILES string of the molecule is COC(=O)c1cc(C2CCNC(=O)c3sc(N4CCOCC4)nc32)ccc1Cl.O=C1CCC(c2ccc(Cl)c(Cl)c2)c2cc(N3CCOCC3)sc21.O=C1NCCC(c2ccc(Cl)c(Cl)c2)c2nc(N3CCOCC3)sc21.O=C1NCCC(c2ccc3ccccc3c2)c2cc(N3CCOCC3)sc21.O=C1OC2(CCNC(=O)c3sc(N4CCOCC4)nc32)c2ccc(Cl)cc21. The first-order valence-electron chi connectivity index (χ1n) is 43.6. The van der Waals surface area contributed by atoms with Gasteiger partial charge in [-0.1, -0.05) is 170 Å². The molecule has 0 bridgehead atoms. The Hall–Kier alpha value is -9.10. The van der Waals surface area contributed by atoms with E-state index < -0.39 is 17.5 Å². The number of methoxy groups -OCH3 is 1. The summed E-state index contributed by atoms with van der Waals surface area (Å²) in [7, 11) is 1.33. The zero-order chi connectivity index (χ0) is 90.6. The van der Waals surface area contributed by atoms with Crippen LogP contribution in [0, 0.1) is 0 Å². The lowest BCUT2D eigenvalue weighted by Gasteiger charge is -2.28. The molecule has 5 atom stereocenters. The largest absolute Gasteiger partial charge is 0.465 e. The van der Waals surface area contributed by atoms with Crippen molar-refractivity contribution in [2.45, 2.75) is 67.8 Å². The van der Waals surface area contributed by atoms with Gasteiger partial charge in [0.2, 0.25) is 0 Å². The molecule has 5 aromatic heterocycles. The zero-order valence-electron chi connectivity index (χ0n) is 71.2. The number of benzene rings is 6. The topological polar surface area (TPSA) is 287 Å². The lowest BCUT2D eigenvalue weighted by atomic mass is 9.82. The van der Waals surface area contributed by atoms with Gasteiger partial charge in [0, 0.05) is 139 Å². The standard InChI is InChI=1S/C22H22N2O2S.C19H20ClN3O4S.C18H17Cl2NO2S.C18H16ClN3O4S.C17H17Cl2N3O2S/c25-22-21-19(14-20(27-21)24-9-11-26-12-10-24)18(7-8-23-22)17-6-5-15-3-1-2-4-16(15)13-17;1-26-18(25)13-10-11(2-3-14(13)20)12-4-5-21-17(24)16-15(12)22-19(28-16)23-6-8-27-9-7-23;19-14-3-1-11(9-15(14)20)12-2-4-16(22)18-13(12)10-17(24-18)21-5-7-23-8-6-21;19-10-1-2-12-11(9-10)16(24)26-18(12)3-4-20-15(23)13-14(18)21-17(27-13)22-5-7-25-8-6-22;18-12-2-1-10(9-13(12)19)11-3-4-20-16(23)15-14(11)21-17(25-15)22-5-7-24-8-6-22/h1-6,13-14,18H,7-12H2,(H,23,25);2-3,10,12H,4-9H2,1H3,(H,21,24);1,3,9-10,12H,2,4-8H2;1-2,9H,3-8H2,(H,20,23);1-2,9,11H,3-8H2,(H,20,23). The van der Waals surface area contributed by atoms with Crippen molar-refractivity contribution in [3.8, 4) is 0 Å². The average Bonchev–Trinajstić information content (AvgIpc) is 1.57. The summed E-state index contributed by atoms with van der Waals surface area (Å²) in [6.07, 6.45) is 4.23. The highest BCUT2D eigenvalue weighted by molar-refractivity contribution is 7.19. The van der Waals surface area contributed by atoms with Crippen molar-refractivity contribution < 1.29 is 66.7 Å². The summed E-state index contributed by atoms with van der Waals surface area (Å²) >= 11 is 44.2. The van der Waals surface area contributed by atoms with Crippen LogP contribution in [0.3, 0.4) is 0 Å². The molecule has 1 aliphatic carbocycles. The molecule has 1 spiro atoms. The van der Waals surface area contributed by atoms with E-state index in [9.17, 15) is 33.6 Å². The Balaban J connectivity index is 0.000000110. The molecular formula is C94H92Cl6N12O14S5. The number of amides is 4. The number of thiazole rings is 3. The van der Waals surface area contributed by atoms with E-state index in [0.717, 1.165) is 157 Å². The summed E-state index contributed by atoms with van der Waals surface area (Å²) in [5, 5.41) is 22.2. The van der Waals surface area contributed by atoms with Gasteiger partial charge in [-0.05, 0) is 131 Å². The second-order valence-electron chi connectivity index (χ2n) is 32.7. The molecule has 11 aliphatic rings. The normalized spacial score (nSPS) is 21.2. The van der Waals surface area contributed by atoms with Gasteiger partial charge in [0.05, 0.1) is 141 Å². The Labute approximate surface area is 806 Å². The van der Waals surface area contributed by atoms with E-state index in [1.54, 1.807) is 59.1 Å². The van der Waals surface area contributed by atoms with Crippen LogP contribution in [0.2, 0.25) is 30.1 Å². The molecule has 5 unspecified atom stereocenters. The molecule has 0 saturated carbocycles. The number of morpholine rings is 5. The first-order chi connectivity index (χ1) is 63.7. The maximum atomic E-state index is 12.6. The number of nitrogens with one attached hydrogen (secondary N) is 4. The average molecular weight is 1990 g/mol. The van der Waals surface area contributed by atoms with Crippen molar-refractivity contribution in [2.24, 2.45) is 0 Å². The van der Waals surface area contributed by atoms with E-state index in [1.807, 2.05) is 36.4 Å². The third-order valence-electron chi connectivity index (χ3n) is 24.9. The van der Waals surface area contributed by atoms with Gasteiger partial charge < -0.3 is 78.9 Å². The number of carbonyl (C=O) groups excluding carboxylic acids is 7. The maximum absolute atomic E-state index is 12.6. The third-order valence-corrected chi connectivity index (χ3v) is 32.8. The number of hydrogen-bond donors (Lipinski definition) is 4. The van der Waals surface area contributed by atoms with Gasteiger partial charge in [-0.15, -0.1) is 22.7 Å². The van der Waals surface area contributed by atoms with Crippen LogP contribution in [0.25, 0.3) is 10.8 Å². The van der Waals surface area contributed by atoms with Gasteiger partial charge in [-0.25, -0.2) is 24.5 Å². The Kier molecular flexibility index (Phi) is 29.2. The summed E-state index contributed by atoms with van der Waals surface area (Å²) in [6, 6.07) is 41.5. The van der Waals surface area contributed by atoms with Gasteiger partial charge in [-0.3, -0.25) is 24.0 Å². The number of nitrogens with zero attached hydrogens (tertiary/aromatic N) is 8. The molecule has 0 radical (unpaired) electrons. The predicted octanol–water partition coefficient (Wildman–Crippen LogP) is 17.4. The molecule has 131 heavy (non-hydrogen) atoms. The first-order valence-corrected chi connectivity index (χ1v) is 50.0. The molecule has 26 nitrogen and oxygen atoms in total. The van der Waals surface area contributed by atoms with Crippen molar-refractivity contribution in [1.29, 1.82) is 0 Å². The number of carbonyl (C=O) groups is 7. The fourth-order valence-corrected chi connectivity index (χ4v) is 24.8. The van der Waals surface area contributed by atoms with Crippen LogP contribution >= 0.6 is 126 Å². The van der Waals surface area contributed by atoms with E-state index in [2.05, 4.69) is 100 Å². The molecule has 15 heterocycles. The van der Waals surface area contributed by atoms with E-state index in [0.29, 0.717) is 165 Å². The minimum Gasteiger partial charge on any atom is -0.465 e. The van der Waals surface area contributed by atoms with Crippen LogP contribution in [0.1, 0.15) is 187 Å². The highest BCUT2D eigenvalue weighted by Gasteiger charge is 2.52. The highest BCUT2D eigenvalue weighted by atomic mass is 35.5. The number of aromatic nitrogens is 3. The minimum absolute atomic E-state index is 0.0229. The smallest absolute Gasteiger partial charge is 0.339 e. The van der Waals surface area contributed by atoms with Gasteiger partial charge in [0.1, 0.15) is 20.3 Å². The molecular weight excluding hydrogens is 1890 g/mol. The summed E-state index contributed by atoms with van der Waals surface area (Å²) in [5.74, 6) is -0.563. The summed E-state index contributed by atoms with van der Waals surface area (Å²) in [5.41, 5.74) is 9.15. The van der Waals surface area contributed by atoms with Crippen LogP contribution in [0.15, 0.2) is 127 Å². The van der Waals surface area contributed by atoms with Crippen molar-refractivity contribution >= 4 is 204 Å². The molecule has 6 aromatic carbocycles. The predicted molar refractivity (Wildman–Crippen MR) is 516 cm³/mol. The Morgan fingerprint density at radius 1 is 0.412 bits per heavy atom. The third kappa shape index (κ3) is 20.1. The zero-order valence-corrected chi connectivity index (χ0v) is 79.9. The molecule has 22 rings (SSSR count). The van der Waals surface area contributed by atoms with Gasteiger partial charge in [0.15, 0.2) is 26.8 Å². The van der Waals surface area contributed by atoms with Gasteiger partial charge in [0.25, 0.3) is 23.6 Å². The fraction of sp³-hybridized carbons (Fsp3) is 0.383. The van der Waals surface area contributed by atoms with Crippen molar-refractivity contribution in [2.75, 3.05) is 189 Å². The lowest BCUT2D eigenvalue weighted by Crippen LogP contribution is -2.36. The number of halogens is 6. The number of rotatable bonds is 10. The molecule has 4 amide bonds. The van der Waals surface area contributed by atoms with Crippen LogP contribution < -0.4 is 45.8 Å². The second kappa shape index (κ2) is 41.4. The summed E-state index contributed by atoms with van der Waals surface area (Å²) < 4.78 is 37.8. The van der Waals surface area contributed by atoms with Crippen LogP contribution in [0.4, 0.5) is 25.4 Å². The lowest BCUT2D eigenvalue weighted by molar-refractivity contribution is 0.00671. The molecule has 684 valence electrons. The molecule has 5 fully saturated rings. The number of fused-ring (bicyclic) bond motifs is 9. The van der Waals surface area contributed by atoms with E-state index in [1.165, 1.54) is 73.0 Å². The quantitative estimate of drug-likeness (QED) is 0.0925. The second-order valence-corrected chi connectivity index (χ2v) is 40.2. The number of ether oxygens (including phenoxy) is 7. The van der Waals surface area contributed by atoms with Gasteiger partial charge >= 0.3 is 11.9 Å². The van der Waals surface area contributed by atoms with E-state index in [4.69, 9.17) is 118 Å². The first kappa shape index (κ1) is 92.4. The number of thiophene rings is 2. The number of esters is 2. The minimum atomic E-state index is -1.06. The van der Waals surface area contributed by atoms with Crippen molar-refractivity contribution in [3.63, 3.8) is 0 Å². The van der Waals surface area contributed by atoms with Crippen molar-refractivity contribution in [3.05, 3.63) is 249 Å². The molecule has 4 N–H and O–H groups in total. The van der Waals surface area contributed by atoms with E-state index in [-0.39, 0.29) is 53.1 Å². The van der Waals surface area contributed by atoms with Crippen LogP contribution in [-0.4, -0.2) is 221 Å². The number of Topliss-reactive ketones (excluding diaryl/α,β-unsaturated/α-hetero) is 1. The monoisotopic (exact) mass is 1980 g/mol. The molecule has 5 saturated heterocycles. The van der Waals surface area contributed by atoms with Crippen LogP contribution in [0.5, 0.6) is 0 Å². The Bertz CT molecular complexity index is 6140. The summed E-state index contributed by atoms with van der Waals surface area (Å²) in [4.78, 5) is 116. The molecule has 37 heteroatoms. The number of ketones is 1. The summed E-state index contributed by atoms with van der Waals surface area (Å²) in [6.45, 7) is 17.2. The van der Waals surface area contributed by atoms with Crippen molar-refractivity contribution in [1.82, 2.24) is 36.2 Å². The highest BCUT2D eigenvalue weighted by Crippen LogP contribution is 2.51. The fourth-order valence-electron chi connectivity index (χ4n) is 18.1. The maximum Gasteiger partial charge on any atom is 0.339 e.